The van der Waals surface area contributed by atoms with Gasteiger partial charge in [-0.05, 0) is 75.1 Å². The highest BCUT2D eigenvalue weighted by Crippen LogP contribution is 2.24. The summed E-state index contributed by atoms with van der Waals surface area (Å²) in [5.41, 5.74) is 5.06. The molecular weight excluding hydrogens is 420 g/mol. The van der Waals surface area contributed by atoms with Crippen LogP contribution in [0.15, 0.2) is 51.8 Å². The van der Waals surface area contributed by atoms with E-state index in [-0.39, 0.29) is 5.91 Å². The summed E-state index contributed by atoms with van der Waals surface area (Å²) in [5, 5.41) is 9.53. The molecule has 9 nitrogen and oxygen atoms in total. The second kappa shape index (κ2) is 8.42. The van der Waals surface area contributed by atoms with Crippen molar-refractivity contribution in [2.45, 2.75) is 39.2 Å². The number of hydrogen-bond donors (Lipinski definition) is 4. The Labute approximate surface area is 189 Å². The van der Waals surface area contributed by atoms with E-state index >= 15 is 0 Å². The number of fused-ring (bicyclic) bond motifs is 1. The molecule has 33 heavy (non-hydrogen) atoms. The van der Waals surface area contributed by atoms with Gasteiger partial charge in [0.2, 0.25) is 5.95 Å². The largest absolute Gasteiger partial charge is 0.417 e. The summed E-state index contributed by atoms with van der Waals surface area (Å²) >= 11 is 0. The quantitative estimate of drug-likeness (QED) is 0.349. The Kier molecular flexibility index (Phi) is 5.29. The van der Waals surface area contributed by atoms with E-state index in [1.807, 2.05) is 38.1 Å². The van der Waals surface area contributed by atoms with Gasteiger partial charge in [-0.3, -0.25) is 9.78 Å². The molecule has 1 aliphatic carbocycles. The van der Waals surface area contributed by atoms with Gasteiger partial charge >= 0.3 is 5.76 Å². The highest BCUT2D eigenvalue weighted by molar-refractivity contribution is 5.96. The van der Waals surface area contributed by atoms with Crippen LogP contribution in [0.25, 0.3) is 11.1 Å². The molecule has 1 fully saturated rings. The first-order valence-corrected chi connectivity index (χ1v) is 10.9. The lowest BCUT2D eigenvalue weighted by atomic mass is 9.92. The van der Waals surface area contributed by atoms with Crippen LogP contribution in [0, 0.1) is 13.8 Å². The monoisotopic (exact) mass is 444 g/mol. The van der Waals surface area contributed by atoms with E-state index in [9.17, 15) is 9.59 Å². The maximum atomic E-state index is 12.5. The minimum atomic E-state index is -0.492. The van der Waals surface area contributed by atoms with E-state index in [1.54, 1.807) is 18.3 Å². The van der Waals surface area contributed by atoms with Gasteiger partial charge < -0.3 is 20.4 Å². The van der Waals surface area contributed by atoms with E-state index in [0.29, 0.717) is 34.5 Å². The van der Waals surface area contributed by atoms with Crippen molar-refractivity contribution >= 4 is 40.1 Å². The number of benzene rings is 2. The number of anilines is 4. The predicted molar refractivity (Wildman–Crippen MR) is 126 cm³/mol. The number of aromatic amines is 1. The van der Waals surface area contributed by atoms with Crippen molar-refractivity contribution in [2.75, 3.05) is 10.6 Å². The van der Waals surface area contributed by atoms with Gasteiger partial charge in [0.15, 0.2) is 5.58 Å². The lowest BCUT2D eigenvalue weighted by Crippen LogP contribution is -2.39. The molecule has 1 amide bonds. The van der Waals surface area contributed by atoms with Crippen molar-refractivity contribution < 1.29 is 9.21 Å². The highest BCUT2D eigenvalue weighted by Gasteiger charge is 2.21. The average Bonchev–Trinajstić information content (AvgIpc) is 3.12. The van der Waals surface area contributed by atoms with E-state index in [1.165, 1.54) is 6.42 Å². The van der Waals surface area contributed by atoms with Crippen LogP contribution in [-0.2, 0) is 0 Å². The Hall–Kier alpha value is -4.14. The Balaban J connectivity index is 1.32. The van der Waals surface area contributed by atoms with Gasteiger partial charge in [-0.1, -0.05) is 0 Å². The Bertz CT molecular complexity index is 1400. The van der Waals surface area contributed by atoms with Gasteiger partial charge in [0.05, 0.1) is 5.52 Å². The number of oxazole rings is 1. The van der Waals surface area contributed by atoms with Crippen molar-refractivity contribution in [3.05, 3.63) is 69.8 Å². The van der Waals surface area contributed by atoms with Gasteiger partial charge in [-0.15, -0.1) is 0 Å². The van der Waals surface area contributed by atoms with Crippen LogP contribution in [-0.4, -0.2) is 26.9 Å². The van der Waals surface area contributed by atoms with Crippen LogP contribution in [0.1, 0.15) is 40.7 Å². The molecule has 0 bridgehead atoms. The highest BCUT2D eigenvalue weighted by atomic mass is 16.4. The summed E-state index contributed by atoms with van der Waals surface area (Å²) in [5.74, 6) is 0.532. The summed E-state index contributed by atoms with van der Waals surface area (Å²) in [6, 6.07) is 11.2. The van der Waals surface area contributed by atoms with E-state index < -0.39 is 5.76 Å². The van der Waals surface area contributed by atoms with Gasteiger partial charge in [0.1, 0.15) is 5.82 Å². The zero-order valence-electron chi connectivity index (χ0n) is 18.4. The minimum absolute atomic E-state index is 0.0299. The molecule has 9 heteroatoms. The molecule has 0 atom stereocenters. The molecule has 1 aliphatic rings. The van der Waals surface area contributed by atoms with Gasteiger partial charge in [0, 0.05) is 34.7 Å². The van der Waals surface area contributed by atoms with Crippen LogP contribution >= 0.6 is 0 Å². The summed E-state index contributed by atoms with van der Waals surface area (Å²) in [4.78, 5) is 35.5. The van der Waals surface area contributed by atoms with Gasteiger partial charge in [0.25, 0.3) is 5.91 Å². The molecule has 168 valence electrons. The fraction of sp³-hybridized carbons (Fsp3) is 0.250. The number of nitrogens with one attached hydrogen (secondary N) is 4. The topological polar surface area (TPSA) is 125 Å². The third-order valence-electron chi connectivity index (χ3n) is 5.82. The lowest BCUT2D eigenvalue weighted by molar-refractivity contribution is 0.0916. The van der Waals surface area contributed by atoms with Gasteiger partial charge in [-0.2, -0.15) is 4.98 Å². The molecule has 2 heterocycles. The molecule has 0 radical (unpaired) electrons. The summed E-state index contributed by atoms with van der Waals surface area (Å²) in [7, 11) is 0. The number of nitrogens with zero attached hydrogens (tertiary/aromatic N) is 2. The van der Waals surface area contributed by atoms with Crippen molar-refractivity contribution in [1.82, 2.24) is 20.3 Å². The maximum absolute atomic E-state index is 12.5. The molecule has 2 aromatic heterocycles. The molecule has 0 spiro atoms. The first-order valence-electron chi connectivity index (χ1n) is 10.9. The van der Waals surface area contributed by atoms with Crippen LogP contribution in [0.4, 0.5) is 23.1 Å². The number of amides is 1. The fourth-order valence-corrected chi connectivity index (χ4v) is 3.74. The molecule has 4 N–H and O–H groups in total. The summed E-state index contributed by atoms with van der Waals surface area (Å²) in [6.07, 6.45) is 5.01. The molecule has 0 unspecified atom stereocenters. The first kappa shape index (κ1) is 20.7. The maximum Gasteiger partial charge on any atom is 0.417 e. The van der Waals surface area contributed by atoms with Crippen LogP contribution in [0.2, 0.25) is 0 Å². The number of aromatic nitrogens is 3. The van der Waals surface area contributed by atoms with Crippen LogP contribution < -0.4 is 21.7 Å². The first-order chi connectivity index (χ1) is 15.9. The van der Waals surface area contributed by atoms with E-state index in [2.05, 4.69) is 30.9 Å². The average molecular weight is 444 g/mol. The number of aryl methyl sites for hydroxylation is 2. The zero-order valence-corrected chi connectivity index (χ0v) is 18.4. The van der Waals surface area contributed by atoms with E-state index in [0.717, 1.165) is 35.3 Å². The molecular formula is C24H24N6O3. The molecule has 0 saturated heterocycles. The van der Waals surface area contributed by atoms with E-state index in [4.69, 9.17) is 4.42 Å². The summed E-state index contributed by atoms with van der Waals surface area (Å²) < 4.78 is 5.04. The number of carbonyl (C=O) groups is 1. The fourth-order valence-electron chi connectivity index (χ4n) is 3.74. The molecule has 0 aliphatic heterocycles. The van der Waals surface area contributed by atoms with Crippen LogP contribution in [0.5, 0.6) is 0 Å². The standard InChI is InChI=1S/C24H24N6O3/c1-13-10-16(6-8-18(13)22(31)27-15-4-3-5-15)28-23-25-12-14(2)21(30-23)26-17-7-9-20-19(11-17)29-24(32)33-20/h6-12,15H,3-5H2,1-2H3,(H,27,31)(H,29,32)(H2,25,26,28,30). The third kappa shape index (κ3) is 4.43. The summed E-state index contributed by atoms with van der Waals surface area (Å²) in [6.45, 7) is 3.82. The second-order valence-electron chi connectivity index (χ2n) is 8.33. The SMILES string of the molecule is Cc1cc(Nc2ncc(C)c(Nc3ccc4oc(=O)[nH]c4c3)n2)ccc1C(=O)NC1CCC1. The number of hydrogen-bond acceptors (Lipinski definition) is 7. The van der Waals surface area contributed by atoms with Crippen LogP contribution in [0.3, 0.4) is 0 Å². The number of rotatable bonds is 6. The predicted octanol–water partition coefficient (Wildman–Crippen LogP) is 4.30. The van der Waals surface area contributed by atoms with Crippen molar-refractivity contribution in [2.24, 2.45) is 0 Å². The second-order valence-corrected chi connectivity index (χ2v) is 8.33. The Morgan fingerprint density at radius 1 is 1.06 bits per heavy atom. The van der Waals surface area contributed by atoms with Crippen molar-refractivity contribution in [3.8, 4) is 0 Å². The Morgan fingerprint density at radius 2 is 1.85 bits per heavy atom. The molecule has 1 saturated carbocycles. The molecule has 2 aromatic carbocycles. The number of H-pyrrole nitrogens is 1. The Morgan fingerprint density at radius 3 is 2.61 bits per heavy atom. The normalized spacial score (nSPS) is 13.5. The molecule has 5 rings (SSSR count). The van der Waals surface area contributed by atoms with Gasteiger partial charge in [-0.25, -0.2) is 9.78 Å². The minimum Gasteiger partial charge on any atom is -0.408 e. The smallest absolute Gasteiger partial charge is 0.408 e. The van der Waals surface area contributed by atoms with Crippen molar-refractivity contribution in [3.63, 3.8) is 0 Å². The third-order valence-corrected chi connectivity index (χ3v) is 5.82. The number of carbonyl (C=O) groups excluding carboxylic acids is 1. The molecule has 4 aromatic rings. The zero-order chi connectivity index (χ0) is 22.9. The lowest BCUT2D eigenvalue weighted by Gasteiger charge is -2.26. The van der Waals surface area contributed by atoms with Crippen molar-refractivity contribution in [1.29, 1.82) is 0 Å².